The van der Waals surface area contributed by atoms with E-state index < -0.39 is 0 Å². The first-order valence-electron chi connectivity index (χ1n) is 6.69. The van der Waals surface area contributed by atoms with Crippen LogP contribution in [-0.4, -0.2) is 45.7 Å². The summed E-state index contributed by atoms with van der Waals surface area (Å²) < 4.78 is 5.53. The summed E-state index contributed by atoms with van der Waals surface area (Å²) in [6, 6.07) is 8.06. The van der Waals surface area contributed by atoms with E-state index in [0.717, 1.165) is 31.9 Å². The van der Waals surface area contributed by atoms with Crippen molar-refractivity contribution in [1.82, 2.24) is 10.6 Å². The van der Waals surface area contributed by atoms with E-state index in [4.69, 9.17) is 4.74 Å². The molecule has 0 radical (unpaired) electrons. The maximum absolute atomic E-state index is 11.1. The number of hydrogen-bond acceptors (Lipinski definition) is 4. The van der Waals surface area contributed by atoms with Crippen LogP contribution in [0.15, 0.2) is 24.3 Å². The van der Waals surface area contributed by atoms with E-state index in [1.807, 2.05) is 12.1 Å². The van der Waals surface area contributed by atoms with Crippen molar-refractivity contribution in [2.45, 2.75) is 6.42 Å². The second kappa shape index (κ2) is 6.99. The average molecular weight is 263 g/mol. The second-order valence-electron chi connectivity index (χ2n) is 4.50. The summed E-state index contributed by atoms with van der Waals surface area (Å²) in [4.78, 5) is 13.4. The van der Waals surface area contributed by atoms with Gasteiger partial charge in [-0.25, -0.2) is 0 Å². The lowest BCUT2D eigenvalue weighted by molar-refractivity contribution is -0.121. The number of nitrogens with zero attached hydrogens (tertiary/aromatic N) is 1. The van der Waals surface area contributed by atoms with E-state index in [1.54, 1.807) is 7.05 Å². The number of piperazine rings is 1. The fraction of sp³-hybridized carbons (Fsp3) is 0.500. The zero-order chi connectivity index (χ0) is 13.5. The Bertz CT molecular complexity index is 400. The van der Waals surface area contributed by atoms with E-state index in [2.05, 4.69) is 27.7 Å². The summed E-state index contributed by atoms with van der Waals surface area (Å²) >= 11 is 0. The van der Waals surface area contributed by atoms with Crippen molar-refractivity contribution in [1.29, 1.82) is 0 Å². The molecule has 1 aromatic carbocycles. The summed E-state index contributed by atoms with van der Waals surface area (Å²) in [6.07, 6.45) is 0.385. The molecule has 2 N–H and O–H groups in total. The number of anilines is 1. The average Bonchev–Trinajstić information content (AvgIpc) is 2.48. The molecule has 1 aliphatic rings. The fourth-order valence-corrected chi connectivity index (χ4v) is 2.06. The van der Waals surface area contributed by atoms with Gasteiger partial charge >= 0.3 is 0 Å². The quantitative estimate of drug-likeness (QED) is 0.817. The highest BCUT2D eigenvalue weighted by atomic mass is 16.5. The van der Waals surface area contributed by atoms with Crippen LogP contribution in [0.1, 0.15) is 6.42 Å². The number of hydrogen-bond donors (Lipinski definition) is 2. The molecule has 104 valence electrons. The molecular weight excluding hydrogens is 242 g/mol. The van der Waals surface area contributed by atoms with Crippen LogP contribution in [0.5, 0.6) is 5.75 Å². The summed E-state index contributed by atoms with van der Waals surface area (Å²) in [5, 5.41) is 5.91. The Labute approximate surface area is 113 Å². The largest absolute Gasteiger partial charge is 0.493 e. The van der Waals surface area contributed by atoms with Gasteiger partial charge in [-0.1, -0.05) is 0 Å². The number of carbonyl (C=O) groups is 1. The van der Waals surface area contributed by atoms with Crippen LogP contribution >= 0.6 is 0 Å². The summed E-state index contributed by atoms with van der Waals surface area (Å²) in [6.45, 7) is 4.55. The van der Waals surface area contributed by atoms with Gasteiger partial charge in [0.05, 0.1) is 13.0 Å². The first-order valence-corrected chi connectivity index (χ1v) is 6.69. The summed E-state index contributed by atoms with van der Waals surface area (Å²) in [5.74, 6) is 0.806. The van der Waals surface area contributed by atoms with Gasteiger partial charge in [0.15, 0.2) is 0 Å². The normalized spacial score (nSPS) is 15.1. The molecule has 0 saturated carbocycles. The lowest BCUT2D eigenvalue weighted by Gasteiger charge is -2.29. The van der Waals surface area contributed by atoms with Gasteiger partial charge in [0.2, 0.25) is 5.91 Å². The van der Waals surface area contributed by atoms with Gasteiger partial charge in [-0.05, 0) is 24.3 Å². The first-order chi connectivity index (χ1) is 9.29. The molecule has 5 nitrogen and oxygen atoms in total. The Hall–Kier alpha value is -1.75. The molecule has 1 saturated heterocycles. The number of carbonyl (C=O) groups excluding carboxylic acids is 1. The third-order valence-electron chi connectivity index (χ3n) is 3.20. The van der Waals surface area contributed by atoms with E-state index >= 15 is 0 Å². The Morgan fingerprint density at radius 1 is 1.32 bits per heavy atom. The predicted octanol–water partition coefficient (Wildman–Crippen LogP) is 0.611. The second-order valence-corrected chi connectivity index (χ2v) is 4.50. The molecule has 19 heavy (non-hydrogen) atoms. The molecule has 0 spiro atoms. The van der Waals surface area contributed by atoms with Gasteiger partial charge in [-0.3, -0.25) is 4.79 Å². The van der Waals surface area contributed by atoms with Crippen LogP contribution in [-0.2, 0) is 4.79 Å². The molecular formula is C14H21N3O2. The Morgan fingerprint density at radius 3 is 2.63 bits per heavy atom. The van der Waals surface area contributed by atoms with Crippen molar-refractivity contribution < 1.29 is 9.53 Å². The molecule has 1 heterocycles. The molecule has 0 unspecified atom stereocenters. The van der Waals surface area contributed by atoms with E-state index in [-0.39, 0.29) is 5.91 Å². The highest BCUT2D eigenvalue weighted by Crippen LogP contribution is 2.19. The van der Waals surface area contributed by atoms with E-state index in [0.29, 0.717) is 13.0 Å². The van der Waals surface area contributed by atoms with Crippen LogP contribution < -0.4 is 20.3 Å². The summed E-state index contributed by atoms with van der Waals surface area (Å²) in [7, 11) is 1.63. The van der Waals surface area contributed by atoms with Crippen molar-refractivity contribution in [3.8, 4) is 5.75 Å². The van der Waals surface area contributed by atoms with Crippen LogP contribution in [0.2, 0.25) is 0 Å². The molecule has 1 aromatic rings. The number of rotatable bonds is 5. The van der Waals surface area contributed by atoms with Gasteiger partial charge in [-0.2, -0.15) is 0 Å². The van der Waals surface area contributed by atoms with Gasteiger partial charge in [0, 0.05) is 38.9 Å². The van der Waals surface area contributed by atoms with Gasteiger partial charge in [0.1, 0.15) is 5.75 Å². The van der Waals surface area contributed by atoms with Gasteiger partial charge in [0.25, 0.3) is 0 Å². The van der Waals surface area contributed by atoms with Gasteiger partial charge in [-0.15, -0.1) is 0 Å². The topological polar surface area (TPSA) is 53.6 Å². The molecule has 5 heteroatoms. The minimum atomic E-state index is -0.00237. The predicted molar refractivity (Wildman–Crippen MR) is 75.7 cm³/mol. The lowest BCUT2D eigenvalue weighted by atomic mass is 10.2. The third-order valence-corrected chi connectivity index (χ3v) is 3.20. The minimum absolute atomic E-state index is 0.00237. The summed E-state index contributed by atoms with van der Waals surface area (Å²) in [5.41, 5.74) is 1.22. The van der Waals surface area contributed by atoms with Crippen molar-refractivity contribution >= 4 is 11.6 Å². The van der Waals surface area contributed by atoms with Crippen LogP contribution in [0.4, 0.5) is 5.69 Å². The molecule has 1 aliphatic heterocycles. The third kappa shape index (κ3) is 4.13. The van der Waals surface area contributed by atoms with E-state index in [9.17, 15) is 4.79 Å². The lowest BCUT2D eigenvalue weighted by Crippen LogP contribution is -2.43. The molecule has 0 aliphatic carbocycles. The smallest absolute Gasteiger partial charge is 0.223 e. The zero-order valence-corrected chi connectivity index (χ0v) is 11.3. The van der Waals surface area contributed by atoms with Crippen molar-refractivity contribution in [2.24, 2.45) is 0 Å². The maximum atomic E-state index is 11.1. The Balaban J connectivity index is 1.82. The monoisotopic (exact) mass is 263 g/mol. The van der Waals surface area contributed by atoms with Crippen molar-refractivity contribution in [2.75, 3.05) is 44.7 Å². The number of benzene rings is 1. The number of nitrogens with one attached hydrogen (secondary N) is 2. The molecule has 0 atom stereocenters. The first kappa shape index (κ1) is 13.7. The van der Waals surface area contributed by atoms with Gasteiger partial charge < -0.3 is 20.3 Å². The van der Waals surface area contributed by atoms with Crippen LogP contribution in [0.3, 0.4) is 0 Å². The fourth-order valence-electron chi connectivity index (χ4n) is 2.06. The highest BCUT2D eigenvalue weighted by Gasteiger charge is 2.10. The number of ether oxygens (including phenoxy) is 1. The Kier molecular flexibility index (Phi) is 5.03. The van der Waals surface area contributed by atoms with Crippen LogP contribution in [0.25, 0.3) is 0 Å². The SMILES string of the molecule is CNC(=O)CCOc1ccc(N2CCNCC2)cc1. The molecule has 0 aromatic heterocycles. The Morgan fingerprint density at radius 2 is 2.00 bits per heavy atom. The molecule has 2 rings (SSSR count). The molecule has 0 bridgehead atoms. The van der Waals surface area contributed by atoms with Crippen LogP contribution in [0, 0.1) is 0 Å². The zero-order valence-electron chi connectivity index (χ0n) is 11.3. The standard InChI is InChI=1S/C14H21N3O2/c1-15-14(18)6-11-19-13-4-2-12(3-5-13)17-9-7-16-8-10-17/h2-5,16H,6-11H2,1H3,(H,15,18). The molecule has 1 fully saturated rings. The minimum Gasteiger partial charge on any atom is -0.493 e. The van der Waals surface area contributed by atoms with E-state index in [1.165, 1.54) is 5.69 Å². The van der Waals surface area contributed by atoms with Crippen molar-refractivity contribution in [3.63, 3.8) is 0 Å². The molecule has 1 amide bonds. The maximum Gasteiger partial charge on any atom is 0.223 e. The van der Waals surface area contributed by atoms with Crippen molar-refractivity contribution in [3.05, 3.63) is 24.3 Å². The highest BCUT2D eigenvalue weighted by molar-refractivity contribution is 5.75. The number of amides is 1.